The van der Waals surface area contributed by atoms with Gasteiger partial charge in [0.2, 0.25) is 0 Å². The van der Waals surface area contributed by atoms with Crippen molar-refractivity contribution in [3.63, 3.8) is 0 Å². The summed E-state index contributed by atoms with van der Waals surface area (Å²) in [6, 6.07) is 10.5. The van der Waals surface area contributed by atoms with Crippen molar-refractivity contribution in [2.24, 2.45) is 0 Å². The van der Waals surface area contributed by atoms with Crippen LogP contribution in [0.3, 0.4) is 0 Å². The first kappa shape index (κ1) is 20.4. The fourth-order valence-electron chi connectivity index (χ4n) is 2.31. The molecule has 2 rings (SSSR count). The first-order valence-corrected chi connectivity index (χ1v) is 8.67. The van der Waals surface area contributed by atoms with Crippen molar-refractivity contribution in [3.05, 3.63) is 62.6 Å². The molecule has 0 radical (unpaired) electrons. The Hall–Kier alpha value is -2.92. The van der Waals surface area contributed by atoms with Crippen LogP contribution in [0.25, 0.3) is 6.08 Å². The molecule has 0 saturated carbocycles. The van der Waals surface area contributed by atoms with Gasteiger partial charge in [0.15, 0.2) is 5.75 Å². The number of carbonyl (C=O) groups excluding carboxylic acids is 1. The Balaban J connectivity index is 2.30. The molecule has 2 aromatic carbocycles. The highest BCUT2D eigenvalue weighted by Gasteiger charge is 2.14. The van der Waals surface area contributed by atoms with Gasteiger partial charge >= 0.3 is 0 Å². The van der Waals surface area contributed by atoms with Gasteiger partial charge in [0.05, 0.1) is 10.0 Å². The van der Waals surface area contributed by atoms with Gasteiger partial charge in [0.1, 0.15) is 18.2 Å². The standard InChI is InChI=1S/C21H16Cl2N2O2/c1-4-8-27-20-17(22)10-15(11-18(20)23)9-16(12-24)21(26)25-19-7-5-6-13(2)14(19)3/h1,5-7,9-11H,8H2,2-3H3,(H,25,26)/b16-9+. The van der Waals surface area contributed by atoms with Crippen LogP contribution >= 0.6 is 23.2 Å². The molecule has 27 heavy (non-hydrogen) atoms. The van der Waals surface area contributed by atoms with Gasteiger partial charge in [0.25, 0.3) is 5.91 Å². The van der Waals surface area contributed by atoms with E-state index in [1.54, 1.807) is 18.2 Å². The highest BCUT2D eigenvalue weighted by Crippen LogP contribution is 2.35. The summed E-state index contributed by atoms with van der Waals surface area (Å²) < 4.78 is 5.29. The van der Waals surface area contributed by atoms with Gasteiger partial charge < -0.3 is 10.1 Å². The molecule has 0 aliphatic carbocycles. The average Bonchev–Trinajstić information content (AvgIpc) is 2.62. The minimum atomic E-state index is -0.522. The normalized spacial score (nSPS) is 10.7. The first-order valence-electron chi connectivity index (χ1n) is 7.92. The minimum Gasteiger partial charge on any atom is -0.478 e. The lowest BCUT2D eigenvalue weighted by Crippen LogP contribution is -2.14. The smallest absolute Gasteiger partial charge is 0.266 e. The largest absolute Gasteiger partial charge is 0.478 e. The number of hydrogen-bond donors (Lipinski definition) is 1. The van der Waals surface area contributed by atoms with E-state index in [0.29, 0.717) is 11.3 Å². The fourth-order valence-corrected chi connectivity index (χ4v) is 2.92. The summed E-state index contributed by atoms with van der Waals surface area (Å²) in [6.07, 6.45) is 6.56. The molecule has 4 nitrogen and oxygen atoms in total. The van der Waals surface area contributed by atoms with Crippen LogP contribution in [0, 0.1) is 37.5 Å². The Bertz CT molecular complexity index is 975. The molecule has 0 fully saturated rings. The summed E-state index contributed by atoms with van der Waals surface area (Å²) in [5.41, 5.74) is 3.03. The number of nitrogens with zero attached hydrogens (tertiary/aromatic N) is 1. The van der Waals surface area contributed by atoms with Crippen molar-refractivity contribution in [3.8, 4) is 24.2 Å². The molecule has 136 valence electrons. The second-order valence-corrected chi connectivity index (χ2v) is 6.49. The molecule has 0 heterocycles. The Morgan fingerprint density at radius 1 is 1.30 bits per heavy atom. The van der Waals surface area contributed by atoms with E-state index in [0.717, 1.165) is 11.1 Å². The van der Waals surface area contributed by atoms with E-state index in [-0.39, 0.29) is 28.0 Å². The predicted molar refractivity (Wildman–Crippen MR) is 109 cm³/mol. The summed E-state index contributed by atoms with van der Waals surface area (Å²) >= 11 is 12.3. The Morgan fingerprint density at radius 2 is 1.96 bits per heavy atom. The number of hydrogen-bond acceptors (Lipinski definition) is 3. The highest BCUT2D eigenvalue weighted by molar-refractivity contribution is 6.37. The molecule has 2 aromatic rings. The molecule has 0 unspecified atom stereocenters. The minimum absolute atomic E-state index is 0.0241. The quantitative estimate of drug-likeness (QED) is 0.429. The lowest BCUT2D eigenvalue weighted by atomic mass is 10.1. The number of aryl methyl sites for hydroxylation is 1. The number of ether oxygens (including phenoxy) is 1. The number of rotatable bonds is 5. The maximum Gasteiger partial charge on any atom is 0.266 e. The maximum atomic E-state index is 12.5. The van der Waals surface area contributed by atoms with Gasteiger partial charge in [-0.15, -0.1) is 6.42 Å². The third-order valence-corrected chi connectivity index (χ3v) is 4.41. The topological polar surface area (TPSA) is 62.1 Å². The second kappa shape index (κ2) is 9.14. The van der Waals surface area contributed by atoms with Crippen molar-refractivity contribution in [2.45, 2.75) is 13.8 Å². The predicted octanol–water partition coefficient (Wildman–Crippen LogP) is 5.17. The van der Waals surface area contributed by atoms with Crippen LogP contribution in [-0.4, -0.2) is 12.5 Å². The molecule has 0 spiro atoms. The van der Waals surface area contributed by atoms with Crippen molar-refractivity contribution in [1.29, 1.82) is 5.26 Å². The maximum absolute atomic E-state index is 12.5. The van der Waals surface area contributed by atoms with Crippen LogP contribution in [0.5, 0.6) is 5.75 Å². The van der Waals surface area contributed by atoms with Gasteiger partial charge in [-0.2, -0.15) is 5.26 Å². The van der Waals surface area contributed by atoms with Crippen LogP contribution in [0.2, 0.25) is 10.0 Å². The molecule has 0 aromatic heterocycles. The van der Waals surface area contributed by atoms with Crippen LogP contribution in [0.1, 0.15) is 16.7 Å². The molecular weight excluding hydrogens is 383 g/mol. The van der Waals surface area contributed by atoms with Gasteiger partial charge in [-0.1, -0.05) is 41.3 Å². The van der Waals surface area contributed by atoms with Gasteiger partial charge in [-0.3, -0.25) is 4.79 Å². The zero-order valence-electron chi connectivity index (χ0n) is 14.8. The Morgan fingerprint density at radius 3 is 2.56 bits per heavy atom. The van der Waals surface area contributed by atoms with Crippen LogP contribution < -0.4 is 10.1 Å². The van der Waals surface area contributed by atoms with E-state index in [4.69, 9.17) is 34.4 Å². The summed E-state index contributed by atoms with van der Waals surface area (Å²) in [6.45, 7) is 3.87. The summed E-state index contributed by atoms with van der Waals surface area (Å²) in [5.74, 6) is 2.06. The lowest BCUT2D eigenvalue weighted by molar-refractivity contribution is -0.112. The average molecular weight is 399 g/mol. The van der Waals surface area contributed by atoms with Gasteiger partial charge in [0, 0.05) is 5.69 Å². The number of anilines is 1. The van der Waals surface area contributed by atoms with E-state index in [1.165, 1.54) is 6.08 Å². The lowest BCUT2D eigenvalue weighted by Gasteiger charge is -2.10. The molecule has 6 heteroatoms. The number of terminal acetylenes is 1. The number of nitriles is 1. The SMILES string of the molecule is C#CCOc1c(Cl)cc(/C=C(\C#N)C(=O)Nc2cccc(C)c2C)cc1Cl. The van der Waals surface area contributed by atoms with Crippen molar-refractivity contribution in [1.82, 2.24) is 0 Å². The van der Waals surface area contributed by atoms with E-state index in [2.05, 4.69) is 11.2 Å². The van der Waals surface area contributed by atoms with Crippen molar-refractivity contribution in [2.75, 3.05) is 11.9 Å². The molecule has 0 atom stereocenters. The number of amides is 1. The van der Waals surface area contributed by atoms with Gasteiger partial charge in [-0.05, 0) is 54.8 Å². The Labute approximate surface area is 168 Å². The molecule has 0 aliphatic heterocycles. The Kier molecular flexibility index (Phi) is 6.91. The number of halogens is 2. The third kappa shape index (κ3) is 5.05. The van der Waals surface area contributed by atoms with Crippen LogP contribution in [0.15, 0.2) is 35.9 Å². The van der Waals surface area contributed by atoms with E-state index < -0.39 is 5.91 Å². The summed E-state index contributed by atoms with van der Waals surface area (Å²) in [4.78, 5) is 12.5. The second-order valence-electron chi connectivity index (χ2n) is 5.68. The summed E-state index contributed by atoms with van der Waals surface area (Å²) in [5, 5.41) is 12.6. The zero-order chi connectivity index (χ0) is 20.0. The monoisotopic (exact) mass is 398 g/mol. The number of benzene rings is 2. The molecule has 0 aliphatic rings. The summed E-state index contributed by atoms with van der Waals surface area (Å²) in [7, 11) is 0. The highest BCUT2D eigenvalue weighted by atomic mass is 35.5. The van der Waals surface area contributed by atoms with Crippen LogP contribution in [-0.2, 0) is 4.79 Å². The molecule has 1 N–H and O–H groups in total. The van der Waals surface area contributed by atoms with Gasteiger partial charge in [-0.25, -0.2) is 0 Å². The van der Waals surface area contributed by atoms with Crippen LogP contribution in [0.4, 0.5) is 5.69 Å². The molecule has 0 saturated heterocycles. The number of carbonyl (C=O) groups is 1. The van der Waals surface area contributed by atoms with Crippen molar-refractivity contribution < 1.29 is 9.53 Å². The molecular formula is C21H16Cl2N2O2. The fraction of sp³-hybridized carbons (Fsp3) is 0.143. The van der Waals surface area contributed by atoms with E-state index in [1.807, 2.05) is 32.0 Å². The van der Waals surface area contributed by atoms with E-state index >= 15 is 0 Å². The van der Waals surface area contributed by atoms with E-state index in [9.17, 15) is 10.1 Å². The van der Waals surface area contributed by atoms with Crippen molar-refractivity contribution >= 4 is 40.9 Å². The third-order valence-electron chi connectivity index (χ3n) is 3.85. The zero-order valence-corrected chi connectivity index (χ0v) is 16.3. The molecule has 0 bridgehead atoms. The molecule has 1 amide bonds. The first-order chi connectivity index (χ1) is 12.9. The number of nitrogens with one attached hydrogen (secondary N) is 1.